The number of benzene rings is 2. The van der Waals surface area contributed by atoms with Crippen LogP contribution < -0.4 is 10.9 Å². The third-order valence-electron chi connectivity index (χ3n) is 4.46. The van der Waals surface area contributed by atoms with Crippen LogP contribution in [0.5, 0.6) is 0 Å². The van der Waals surface area contributed by atoms with Gasteiger partial charge in [0.15, 0.2) is 5.82 Å². The second-order valence-electron chi connectivity index (χ2n) is 6.56. The number of H-pyrrole nitrogens is 2. The van der Waals surface area contributed by atoms with E-state index < -0.39 is 0 Å². The van der Waals surface area contributed by atoms with Crippen LogP contribution in [0.1, 0.15) is 13.8 Å². The van der Waals surface area contributed by atoms with Crippen molar-refractivity contribution in [2.75, 3.05) is 5.32 Å². The second kappa shape index (κ2) is 7.82. The highest BCUT2D eigenvalue weighted by Gasteiger charge is 2.17. The Morgan fingerprint density at radius 2 is 1.97 bits per heavy atom. The lowest BCUT2D eigenvalue weighted by Crippen LogP contribution is -2.23. The van der Waals surface area contributed by atoms with E-state index in [4.69, 9.17) is 11.6 Å². The maximum absolute atomic E-state index is 12.8. The smallest absolute Gasteiger partial charge is 0.291 e. The number of hydrogen-bond acceptors (Lipinski definition) is 4. The third kappa shape index (κ3) is 3.73. The highest BCUT2D eigenvalue weighted by atomic mass is 35.5. The Hall–Kier alpha value is -3.56. The van der Waals surface area contributed by atoms with E-state index in [1.807, 2.05) is 43.3 Å². The van der Waals surface area contributed by atoms with Gasteiger partial charge in [0, 0.05) is 16.5 Å². The predicted molar refractivity (Wildman–Crippen MR) is 117 cm³/mol. The molecule has 2 aromatic carbocycles. The third-order valence-corrected chi connectivity index (χ3v) is 4.76. The number of rotatable bonds is 4. The highest BCUT2D eigenvalue weighted by molar-refractivity contribution is 6.35. The molecule has 1 unspecified atom stereocenters. The quantitative estimate of drug-likeness (QED) is 0.439. The fourth-order valence-electron chi connectivity index (χ4n) is 3.18. The molecule has 6 nitrogen and oxygen atoms in total. The van der Waals surface area contributed by atoms with Crippen molar-refractivity contribution in [3.8, 4) is 34.4 Å². The fraction of sp³-hybridized carbons (Fsp3) is 0.136. The number of nitrogens with zero attached hydrogens (tertiary/aromatic N) is 2. The standard InChI is InChI=1S/C22H18ClN5O/c1-3-7-13(2)25-21-22(29)27-20(19(26-21)14-8-5-4-6-9-14)15-10-16-12-24-28-18(16)17(23)11-15/h4-6,8-13H,1-2H3,(H,24,28)(H,25,26)(H,27,29). The maximum Gasteiger partial charge on any atom is 0.291 e. The van der Waals surface area contributed by atoms with Crippen molar-refractivity contribution in [3.05, 3.63) is 64.0 Å². The number of aromatic amines is 2. The first-order valence-corrected chi connectivity index (χ1v) is 9.46. The Balaban J connectivity index is 1.93. The van der Waals surface area contributed by atoms with Crippen molar-refractivity contribution in [2.45, 2.75) is 19.9 Å². The van der Waals surface area contributed by atoms with Gasteiger partial charge in [-0.25, -0.2) is 4.98 Å². The van der Waals surface area contributed by atoms with Crippen molar-refractivity contribution < 1.29 is 0 Å². The molecule has 0 aliphatic carbocycles. The van der Waals surface area contributed by atoms with Crippen LogP contribution in [0, 0.1) is 11.8 Å². The molecule has 4 aromatic rings. The van der Waals surface area contributed by atoms with Crippen LogP contribution in [-0.2, 0) is 0 Å². The van der Waals surface area contributed by atoms with E-state index in [1.54, 1.807) is 19.2 Å². The number of aromatic nitrogens is 4. The predicted octanol–water partition coefficient (Wildman–Crippen LogP) is 4.46. The average molecular weight is 404 g/mol. The van der Waals surface area contributed by atoms with Gasteiger partial charge in [-0.15, -0.1) is 5.92 Å². The summed E-state index contributed by atoms with van der Waals surface area (Å²) in [6, 6.07) is 13.2. The number of hydrogen-bond donors (Lipinski definition) is 3. The molecular formula is C22H18ClN5O. The lowest BCUT2D eigenvalue weighted by atomic mass is 10.0. The van der Waals surface area contributed by atoms with Gasteiger partial charge in [0.25, 0.3) is 5.56 Å². The summed E-state index contributed by atoms with van der Waals surface area (Å²) >= 11 is 6.42. The summed E-state index contributed by atoms with van der Waals surface area (Å²) < 4.78 is 0. The van der Waals surface area contributed by atoms with Gasteiger partial charge in [-0.1, -0.05) is 47.9 Å². The summed E-state index contributed by atoms with van der Waals surface area (Å²) in [7, 11) is 0. The molecule has 0 radical (unpaired) electrons. The van der Waals surface area contributed by atoms with Gasteiger partial charge >= 0.3 is 0 Å². The van der Waals surface area contributed by atoms with Crippen molar-refractivity contribution in [3.63, 3.8) is 0 Å². The molecule has 0 amide bonds. The minimum absolute atomic E-state index is 0.209. The number of anilines is 1. The van der Waals surface area contributed by atoms with E-state index in [1.165, 1.54) is 0 Å². The normalized spacial score (nSPS) is 11.7. The van der Waals surface area contributed by atoms with E-state index in [0.717, 1.165) is 22.0 Å². The lowest BCUT2D eigenvalue weighted by molar-refractivity contribution is 0.992. The Kier molecular flexibility index (Phi) is 5.07. The second-order valence-corrected chi connectivity index (χ2v) is 6.96. The fourth-order valence-corrected chi connectivity index (χ4v) is 3.45. The first-order chi connectivity index (χ1) is 14.1. The van der Waals surface area contributed by atoms with Gasteiger partial charge in [0.2, 0.25) is 0 Å². The molecule has 3 N–H and O–H groups in total. The molecule has 1 atom stereocenters. The Bertz CT molecular complexity index is 1300. The molecule has 0 fully saturated rings. The monoisotopic (exact) mass is 403 g/mol. The topological polar surface area (TPSA) is 86.5 Å². The Morgan fingerprint density at radius 1 is 1.17 bits per heavy atom. The van der Waals surface area contributed by atoms with Crippen LogP contribution >= 0.6 is 11.6 Å². The summed E-state index contributed by atoms with van der Waals surface area (Å²) in [4.78, 5) is 20.4. The van der Waals surface area contributed by atoms with Gasteiger partial charge in [0.05, 0.1) is 34.2 Å². The van der Waals surface area contributed by atoms with Crippen LogP contribution in [0.2, 0.25) is 5.02 Å². The minimum atomic E-state index is -0.326. The molecule has 29 heavy (non-hydrogen) atoms. The molecule has 0 aliphatic heterocycles. The first kappa shape index (κ1) is 18.8. The molecule has 7 heteroatoms. The molecular weight excluding hydrogens is 386 g/mol. The van der Waals surface area contributed by atoms with E-state index in [0.29, 0.717) is 16.4 Å². The number of halogens is 1. The van der Waals surface area contributed by atoms with Gasteiger partial charge in [-0.05, 0) is 26.0 Å². The molecule has 0 saturated carbocycles. The molecule has 0 aliphatic rings. The molecule has 0 bridgehead atoms. The van der Waals surface area contributed by atoms with Crippen molar-refractivity contribution >= 4 is 28.3 Å². The van der Waals surface area contributed by atoms with Gasteiger partial charge < -0.3 is 10.3 Å². The Labute approximate surface area is 172 Å². The van der Waals surface area contributed by atoms with Crippen molar-refractivity contribution in [2.24, 2.45) is 0 Å². The number of nitrogens with one attached hydrogen (secondary N) is 3. The van der Waals surface area contributed by atoms with E-state index in [2.05, 4.69) is 37.3 Å². The van der Waals surface area contributed by atoms with E-state index in [-0.39, 0.29) is 17.4 Å². The van der Waals surface area contributed by atoms with Crippen LogP contribution in [0.3, 0.4) is 0 Å². The zero-order valence-corrected chi connectivity index (χ0v) is 16.6. The largest absolute Gasteiger partial charge is 0.352 e. The maximum atomic E-state index is 12.8. The first-order valence-electron chi connectivity index (χ1n) is 9.08. The zero-order chi connectivity index (χ0) is 20.4. The van der Waals surface area contributed by atoms with E-state index >= 15 is 0 Å². The van der Waals surface area contributed by atoms with Gasteiger partial charge in [-0.3, -0.25) is 9.89 Å². The molecule has 0 saturated heterocycles. The van der Waals surface area contributed by atoms with Crippen LogP contribution in [0.25, 0.3) is 33.4 Å². The van der Waals surface area contributed by atoms with Crippen LogP contribution in [0.15, 0.2) is 53.5 Å². The lowest BCUT2D eigenvalue weighted by Gasteiger charge is -2.14. The van der Waals surface area contributed by atoms with Crippen LogP contribution in [-0.4, -0.2) is 26.2 Å². The summed E-state index contributed by atoms with van der Waals surface area (Å²) in [5, 5.41) is 11.3. The minimum Gasteiger partial charge on any atom is -0.352 e. The molecule has 4 rings (SSSR count). The number of fused-ring (bicyclic) bond motifs is 1. The average Bonchev–Trinajstić information content (AvgIpc) is 3.19. The summed E-state index contributed by atoms with van der Waals surface area (Å²) in [5.41, 5.74) is 3.28. The molecule has 144 valence electrons. The molecule has 2 aromatic heterocycles. The highest BCUT2D eigenvalue weighted by Crippen LogP contribution is 2.33. The van der Waals surface area contributed by atoms with Crippen molar-refractivity contribution in [1.82, 2.24) is 20.2 Å². The summed E-state index contributed by atoms with van der Waals surface area (Å²) in [6.07, 6.45) is 1.69. The SMILES string of the molecule is CC#CC(C)Nc1nc(-c2ccccc2)c(-c2cc(Cl)c3[nH]ncc3c2)[nH]c1=O. The van der Waals surface area contributed by atoms with Gasteiger partial charge in [0.1, 0.15) is 0 Å². The van der Waals surface area contributed by atoms with E-state index in [9.17, 15) is 4.79 Å². The van der Waals surface area contributed by atoms with Crippen molar-refractivity contribution in [1.29, 1.82) is 0 Å². The van der Waals surface area contributed by atoms with Gasteiger partial charge in [-0.2, -0.15) is 5.10 Å². The van der Waals surface area contributed by atoms with Crippen LogP contribution in [0.4, 0.5) is 5.82 Å². The Morgan fingerprint density at radius 3 is 2.72 bits per heavy atom. The summed E-state index contributed by atoms with van der Waals surface area (Å²) in [6.45, 7) is 3.63. The molecule has 0 spiro atoms. The zero-order valence-electron chi connectivity index (χ0n) is 15.9. The summed E-state index contributed by atoms with van der Waals surface area (Å²) in [5.74, 6) is 6.03. The molecule has 2 heterocycles.